The molecule has 1 unspecified atom stereocenters. The molecule has 0 aromatic heterocycles. The largest absolute Gasteiger partial charge is 0.507 e. The fourth-order valence-corrected chi connectivity index (χ4v) is 2.60. The zero-order valence-corrected chi connectivity index (χ0v) is 12.7. The summed E-state index contributed by atoms with van der Waals surface area (Å²) in [6.45, 7) is 0. The van der Waals surface area contributed by atoms with Crippen LogP contribution in [0.3, 0.4) is 0 Å². The fourth-order valence-electron chi connectivity index (χ4n) is 2.60. The van der Waals surface area contributed by atoms with Gasteiger partial charge in [-0.05, 0) is 29.8 Å². The van der Waals surface area contributed by atoms with Crippen LogP contribution in [0.4, 0.5) is 4.39 Å². The van der Waals surface area contributed by atoms with Gasteiger partial charge in [0.15, 0.2) is 0 Å². The molecule has 1 fully saturated rings. The number of hydrogen-bond donors (Lipinski definition) is 2. The quantitative estimate of drug-likeness (QED) is 0.516. The smallest absolute Gasteiger partial charge is 0.293 e. The molecule has 0 aliphatic carbocycles. The standard InChI is InChI=1S/C18H14FNO4/c1-24-13-4-2-3-11(9-13)16(21)14-15(20-18(23)17(14)22)10-5-7-12(19)8-6-10/h2-9,15,21H,1H3,(H,20,23)/b16-14-. The summed E-state index contributed by atoms with van der Waals surface area (Å²) in [5, 5.41) is 13.1. The average molecular weight is 327 g/mol. The Morgan fingerprint density at radius 3 is 2.54 bits per heavy atom. The Bertz CT molecular complexity index is 842. The Hall–Kier alpha value is -3.15. The van der Waals surface area contributed by atoms with E-state index in [0.29, 0.717) is 16.9 Å². The van der Waals surface area contributed by atoms with Crippen LogP contribution in [0.25, 0.3) is 5.76 Å². The molecule has 0 bridgehead atoms. The Morgan fingerprint density at radius 2 is 1.88 bits per heavy atom. The molecule has 1 aliphatic rings. The Labute approximate surface area is 137 Å². The summed E-state index contributed by atoms with van der Waals surface area (Å²) in [4.78, 5) is 24.0. The number of amides is 1. The average Bonchev–Trinajstić information content (AvgIpc) is 2.90. The molecule has 1 amide bonds. The molecule has 2 aromatic carbocycles. The molecule has 2 aromatic rings. The predicted octanol–water partition coefficient (Wildman–Crippen LogP) is 2.54. The van der Waals surface area contributed by atoms with Crippen molar-refractivity contribution < 1.29 is 23.8 Å². The van der Waals surface area contributed by atoms with Gasteiger partial charge >= 0.3 is 0 Å². The van der Waals surface area contributed by atoms with Crippen LogP contribution < -0.4 is 10.1 Å². The minimum Gasteiger partial charge on any atom is -0.507 e. The van der Waals surface area contributed by atoms with E-state index in [4.69, 9.17) is 4.74 Å². The first-order valence-corrected chi connectivity index (χ1v) is 7.19. The zero-order valence-electron chi connectivity index (χ0n) is 12.7. The Kier molecular flexibility index (Phi) is 4.04. The number of Topliss-reactive ketones (excluding diaryl/α,β-unsaturated/α-hetero) is 1. The number of aliphatic hydroxyl groups excluding tert-OH is 1. The summed E-state index contributed by atoms with van der Waals surface area (Å²) in [6.07, 6.45) is 0. The molecule has 0 radical (unpaired) electrons. The molecular weight excluding hydrogens is 313 g/mol. The highest BCUT2D eigenvalue weighted by molar-refractivity contribution is 6.46. The highest BCUT2D eigenvalue weighted by atomic mass is 19.1. The van der Waals surface area contributed by atoms with Gasteiger partial charge in [-0.15, -0.1) is 0 Å². The van der Waals surface area contributed by atoms with Crippen LogP contribution in [-0.4, -0.2) is 23.9 Å². The van der Waals surface area contributed by atoms with Crippen molar-refractivity contribution in [2.45, 2.75) is 6.04 Å². The third-order valence-electron chi connectivity index (χ3n) is 3.82. The maximum Gasteiger partial charge on any atom is 0.293 e. The van der Waals surface area contributed by atoms with Crippen molar-refractivity contribution in [2.75, 3.05) is 7.11 Å². The minimum absolute atomic E-state index is 0.0696. The number of rotatable bonds is 3. The van der Waals surface area contributed by atoms with E-state index in [1.165, 1.54) is 31.4 Å². The van der Waals surface area contributed by atoms with Gasteiger partial charge in [0.25, 0.3) is 11.7 Å². The van der Waals surface area contributed by atoms with E-state index in [2.05, 4.69) is 5.32 Å². The zero-order chi connectivity index (χ0) is 17.3. The SMILES string of the molecule is COc1cccc(/C(O)=C2/C(=O)C(=O)NC2c2ccc(F)cc2)c1. The summed E-state index contributed by atoms with van der Waals surface area (Å²) < 4.78 is 18.2. The van der Waals surface area contributed by atoms with Crippen LogP contribution >= 0.6 is 0 Å². The third kappa shape index (κ3) is 2.74. The van der Waals surface area contributed by atoms with Crippen molar-refractivity contribution in [3.63, 3.8) is 0 Å². The van der Waals surface area contributed by atoms with E-state index in [1.54, 1.807) is 24.3 Å². The third-order valence-corrected chi connectivity index (χ3v) is 3.82. The molecule has 5 nitrogen and oxygen atoms in total. The summed E-state index contributed by atoms with van der Waals surface area (Å²) in [5.41, 5.74) is 0.779. The van der Waals surface area contributed by atoms with E-state index < -0.39 is 23.5 Å². The van der Waals surface area contributed by atoms with E-state index in [-0.39, 0.29) is 11.3 Å². The van der Waals surface area contributed by atoms with E-state index in [0.717, 1.165) is 0 Å². The normalized spacial score (nSPS) is 19.2. The molecule has 1 heterocycles. The van der Waals surface area contributed by atoms with Gasteiger partial charge in [-0.1, -0.05) is 24.3 Å². The van der Waals surface area contributed by atoms with Crippen molar-refractivity contribution in [3.05, 3.63) is 71.0 Å². The van der Waals surface area contributed by atoms with Gasteiger partial charge < -0.3 is 15.2 Å². The number of aliphatic hydroxyl groups is 1. The second-order valence-corrected chi connectivity index (χ2v) is 5.28. The van der Waals surface area contributed by atoms with Crippen molar-refractivity contribution in [2.24, 2.45) is 0 Å². The Morgan fingerprint density at radius 1 is 1.17 bits per heavy atom. The highest BCUT2D eigenvalue weighted by Crippen LogP contribution is 2.33. The number of ketones is 1. The number of hydrogen-bond acceptors (Lipinski definition) is 4. The first kappa shape index (κ1) is 15.7. The first-order chi connectivity index (χ1) is 11.5. The minimum atomic E-state index is -0.836. The number of ether oxygens (including phenoxy) is 1. The van der Waals surface area contributed by atoms with Crippen molar-refractivity contribution in [1.29, 1.82) is 0 Å². The van der Waals surface area contributed by atoms with Crippen LogP contribution in [0.15, 0.2) is 54.1 Å². The number of carbonyl (C=O) groups excluding carboxylic acids is 2. The van der Waals surface area contributed by atoms with Crippen molar-refractivity contribution in [3.8, 4) is 5.75 Å². The molecule has 24 heavy (non-hydrogen) atoms. The van der Waals surface area contributed by atoms with E-state index in [1.807, 2.05) is 0 Å². The highest BCUT2D eigenvalue weighted by Gasteiger charge is 2.39. The van der Waals surface area contributed by atoms with Crippen LogP contribution in [0.1, 0.15) is 17.2 Å². The molecule has 0 spiro atoms. The molecule has 0 saturated carbocycles. The summed E-state index contributed by atoms with van der Waals surface area (Å²) in [6, 6.07) is 11.0. The van der Waals surface area contributed by atoms with Gasteiger partial charge in [0.2, 0.25) is 0 Å². The Balaban J connectivity index is 2.11. The summed E-state index contributed by atoms with van der Waals surface area (Å²) in [7, 11) is 1.48. The number of benzene rings is 2. The molecule has 3 rings (SSSR count). The number of carbonyl (C=O) groups is 2. The van der Waals surface area contributed by atoms with Crippen LogP contribution in [-0.2, 0) is 9.59 Å². The van der Waals surface area contributed by atoms with Crippen LogP contribution in [0.5, 0.6) is 5.75 Å². The van der Waals surface area contributed by atoms with Gasteiger partial charge in [-0.2, -0.15) is 0 Å². The fraction of sp³-hybridized carbons (Fsp3) is 0.111. The maximum absolute atomic E-state index is 13.1. The van der Waals surface area contributed by atoms with Gasteiger partial charge in [-0.3, -0.25) is 9.59 Å². The van der Waals surface area contributed by atoms with E-state index >= 15 is 0 Å². The molecule has 1 saturated heterocycles. The maximum atomic E-state index is 13.1. The molecule has 6 heteroatoms. The van der Waals surface area contributed by atoms with Crippen LogP contribution in [0.2, 0.25) is 0 Å². The lowest BCUT2D eigenvalue weighted by atomic mass is 9.96. The molecular formula is C18H14FNO4. The second kappa shape index (κ2) is 6.16. The lowest BCUT2D eigenvalue weighted by molar-refractivity contribution is -0.133. The monoisotopic (exact) mass is 327 g/mol. The molecule has 1 aliphatic heterocycles. The van der Waals surface area contributed by atoms with Gasteiger partial charge in [0.1, 0.15) is 17.3 Å². The molecule has 2 N–H and O–H groups in total. The number of methoxy groups -OCH3 is 1. The number of nitrogens with one attached hydrogen (secondary N) is 1. The second-order valence-electron chi connectivity index (χ2n) is 5.28. The summed E-state index contributed by atoms with van der Waals surface area (Å²) >= 11 is 0. The predicted molar refractivity (Wildman–Crippen MR) is 84.8 cm³/mol. The number of halogens is 1. The van der Waals surface area contributed by atoms with E-state index in [9.17, 15) is 19.1 Å². The lowest BCUT2D eigenvalue weighted by Gasteiger charge is -2.14. The lowest BCUT2D eigenvalue weighted by Crippen LogP contribution is -2.21. The molecule has 1 atom stereocenters. The van der Waals surface area contributed by atoms with Crippen molar-refractivity contribution >= 4 is 17.4 Å². The van der Waals surface area contributed by atoms with Gasteiger partial charge in [0.05, 0.1) is 18.7 Å². The topological polar surface area (TPSA) is 75.6 Å². The summed E-state index contributed by atoms with van der Waals surface area (Å²) in [5.74, 6) is -1.87. The van der Waals surface area contributed by atoms with Crippen LogP contribution in [0, 0.1) is 5.82 Å². The van der Waals surface area contributed by atoms with Gasteiger partial charge in [0, 0.05) is 5.56 Å². The molecule has 122 valence electrons. The van der Waals surface area contributed by atoms with Crippen molar-refractivity contribution in [1.82, 2.24) is 5.32 Å². The first-order valence-electron chi connectivity index (χ1n) is 7.19. The van der Waals surface area contributed by atoms with Gasteiger partial charge in [-0.25, -0.2) is 4.39 Å².